The van der Waals surface area contributed by atoms with Gasteiger partial charge in [-0.3, -0.25) is 10.1 Å². The first-order valence-corrected chi connectivity index (χ1v) is 7.59. The van der Waals surface area contributed by atoms with Crippen LogP contribution >= 0.6 is 0 Å². The molecule has 7 nitrogen and oxygen atoms in total. The molecule has 2 aromatic rings. The fourth-order valence-electron chi connectivity index (χ4n) is 2.80. The lowest BCUT2D eigenvalue weighted by Crippen LogP contribution is -2.32. The van der Waals surface area contributed by atoms with Gasteiger partial charge in [0.15, 0.2) is 0 Å². The molecule has 23 heavy (non-hydrogen) atoms. The van der Waals surface area contributed by atoms with Crippen LogP contribution in [0.3, 0.4) is 0 Å². The summed E-state index contributed by atoms with van der Waals surface area (Å²) in [5.74, 6) is 0.782. The Morgan fingerprint density at radius 1 is 1.43 bits per heavy atom. The third-order valence-corrected chi connectivity index (χ3v) is 4.07. The molecular formula is C16H18N4O3. The number of hydrogen-bond donors (Lipinski definition) is 1. The van der Waals surface area contributed by atoms with E-state index in [0.717, 1.165) is 29.9 Å². The van der Waals surface area contributed by atoms with Gasteiger partial charge in [0.2, 0.25) is 0 Å². The van der Waals surface area contributed by atoms with Crippen LogP contribution in [0.2, 0.25) is 0 Å². The molecule has 0 spiro atoms. The molecule has 1 aromatic carbocycles. The molecule has 1 aliphatic heterocycles. The summed E-state index contributed by atoms with van der Waals surface area (Å²) in [6.07, 6.45) is 3.37. The molecule has 0 bridgehead atoms. The Morgan fingerprint density at radius 2 is 2.26 bits per heavy atom. The predicted octanol–water partition coefficient (Wildman–Crippen LogP) is 2.00. The molecule has 0 atom stereocenters. The van der Waals surface area contributed by atoms with Crippen molar-refractivity contribution in [3.8, 4) is 0 Å². The van der Waals surface area contributed by atoms with Gasteiger partial charge in [-0.25, -0.2) is 9.97 Å². The van der Waals surface area contributed by atoms with Crippen molar-refractivity contribution in [3.63, 3.8) is 0 Å². The Bertz CT molecular complexity index is 748. The Morgan fingerprint density at radius 3 is 2.96 bits per heavy atom. The predicted molar refractivity (Wildman–Crippen MR) is 85.2 cm³/mol. The van der Waals surface area contributed by atoms with Gasteiger partial charge in [-0.2, -0.15) is 0 Å². The Labute approximate surface area is 133 Å². The number of nitro groups is 1. The molecule has 2 heterocycles. The summed E-state index contributed by atoms with van der Waals surface area (Å²) in [5, 5.41) is 20.6. The minimum Gasteiger partial charge on any atom is -0.392 e. The number of aryl methyl sites for hydroxylation is 1. The van der Waals surface area contributed by atoms with E-state index < -0.39 is 0 Å². The Hall–Kier alpha value is -2.54. The molecule has 7 heteroatoms. The first-order chi connectivity index (χ1) is 11.1. The van der Waals surface area contributed by atoms with Crippen LogP contribution in [-0.4, -0.2) is 26.5 Å². The topological polar surface area (TPSA) is 92.4 Å². The molecule has 0 saturated carbocycles. The fraction of sp³-hybridized carbons (Fsp3) is 0.375. The molecule has 0 unspecified atom stereocenters. The van der Waals surface area contributed by atoms with Crippen LogP contribution in [0, 0.1) is 10.1 Å². The quantitative estimate of drug-likeness (QED) is 0.685. The number of rotatable bonds is 4. The first kappa shape index (κ1) is 15.4. The minimum absolute atomic E-state index is 0.0513. The highest BCUT2D eigenvalue weighted by Crippen LogP contribution is 2.32. The smallest absolute Gasteiger partial charge is 0.292 e. The van der Waals surface area contributed by atoms with Crippen molar-refractivity contribution < 1.29 is 10.0 Å². The summed E-state index contributed by atoms with van der Waals surface area (Å²) in [4.78, 5) is 21.7. The maximum atomic E-state index is 11.3. The molecule has 0 fully saturated rings. The monoisotopic (exact) mass is 314 g/mol. The molecule has 1 aliphatic rings. The number of aliphatic hydroxyl groups is 1. The van der Waals surface area contributed by atoms with E-state index in [9.17, 15) is 15.2 Å². The molecular weight excluding hydrogens is 296 g/mol. The van der Waals surface area contributed by atoms with Crippen molar-refractivity contribution >= 4 is 11.4 Å². The van der Waals surface area contributed by atoms with E-state index in [4.69, 9.17) is 0 Å². The first-order valence-electron chi connectivity index (χ1n) is 7.59. The molecule has 120 valence electrons. The van der Waals surface area contributed by atoms with Crippen LogP contribution in [-0.2, 0) is 26.0 Å². The lowest BCUT2D eigenvalue weighted by atomic mass is 10.0. The number of anilines is 1. The van der Waals surface area contributed by atoms with Crippen LogP contribution in [0.15, 0.2) is 24.4 Å². The zero-order valence-corrected chi connectivity index (χ0v) is 12.9. The van der Waals surface area contributed by atoms with Gasteiger partial charge in [-0.05, 0) is 29.7 Å². The summed E-state index contributed by atoms with van der Waals surface area (Å²) >= 11 is 0. The second kappa shape index (κ2) is 6.29. The van der Waals surface area contributed by atoms with Crippen molar-refractivity contribution in [2.75, 3.05) is 11.4 Å². The molecule has 0 aliphatic carbocycles. The average molecular weight is 314 g/mol. The summed E-state index contributed by atoms with van der Waals surface area (Å²) in [6, 6.07) is 4.72. The summed E-state index contributed by atoms with van der Waals surface area (Å²) in [6.45, 7) is 3.04. The zero-order chi connectivity index (χ0) is 16.4. The minimum atomic E-state index is -0.385. The number of fused-ring (bicyclic) bond motifs is 1. The fourth-order valence-corrected chi connectivity index (χ4v) is 2.80. The second-order valence-corrected chi connectivity index (χ2v) is 5.52. The van der Waals surface area contributed by atoms with Gasteiger partial charge in [-0.1, -0.05) is 6.92 Å². The maximum Gasteiger partial charge on any atom is 0.292 e. The van der Waals surface area contributed by atoms with E-state index in [-0.39, 0.29) is 17.2 Å². The van der Waals surface area contributed by atoms with Gasteiger partial charge in [-0.15, -0.1) is 0 Å². The maximum absolute atomic E-state index is 11.3. The molecule has 1 aromatic heterocycles. The van der Waals surface area contributed by atoms with Crippen LogP contribution in [0.5, 0.6) is 0 Å². The molecule has 0 saturated heterocycles. The highest BCUT2D eigenvalue weighted by molar-refractivity contribution is 5.65. The van der Waals surface area contributed by atoms with Crippen molar-refractivity contribution in [1.29, 1.82) is 0 Å². The van der Waals surface area contributed by atoms with Gasteiger partial charge in [0.1, 0.15) is 11.5 Å². The number of nitro benzene ring substituents is 1. The van der Waals surface area contributed by atoms with E-state index in [2.05, 4.69) is 9.97 Å². The molecule has 3 rings (SSSR count). The van der Waals surface area contributed by atoms with E-state index in [1.165, 1.54) is 6.07 Å². The van der Waals surface area contributed by atoms with Crippen LogP contribution < -0.4 is 4.90 Å². The van der Waals surface area contributed by atoms with Crippen molar-refractivity contribution in [3.05, 3.63) is 57.2 Å². The molecule has 0 amide bonds. The van der Waals surface area contributed by atoms with Crippen LogP contribution in [0.25, 0.3) is 0 Å². The van der Waals surface area contributed by atoms with Crippen LogP contribution in [0.1, 0.15) is 29.6 Å². The standard InChI is InChI=1S/C16H18N4O3/c1-2-16-17-8-12-5-6-19(9-13(12)18-16)15-7-11(10-21)3-4-14(15)20(22)23/h3-4,7-8,21H,2,5-6,9-10H2,1H3. The number of aromatic nitrogens is 2. The highest BCUT2D eigenvalue weighted by atomic mass is 16.6. The van der Waals surface area contributed by atoms with Gasteiger partial charge in [0, 0.05) is 25.2 Å². The van der Waals surface area contributed by atoms with E-state index in [1.807, 2.05) is 18.0 Å². The summed E-state index contributed by atoms with van der Waals surface area (Å²) in [5.41, 5.74) is 3.26. The van der Waals surface area contributed by atoms with Crippen molar-refractivity contribution in [2.45, 2.75) is 32.9 Å². The molecule has 1 N–H and O–H groups in total. The average Bonchev–Trinajstić information content (AvgIpc) is 2.60. The lowest BCUT2D eigenvalue weighted by molar-refractivity contribution is -0.384. The van der Waals surface area contributed by atoms with Crippen molar-refractivity contribution in [1.82, 2.24) is 9.97 Å². The van der Waals surface area contributed by atoms with E-state index in [0.29, 0.717) is 24.3 Å². The highest BCUT2D eigenvalue weighted by Gasteiger charge is 2.25. The Kier molecular flexibility index (Phi) is 4.20. The number of nitrogens with zero attached hydrogens (tertiary/aromatic N) is 4. The van der Waals surface area contributed by atoms with Gasteiger partial charge in [0.05, 0.1) is 23.8 Å². The van der Waals surface area contributed by atoms with Crippen LogP contribution in [0.4, 0.5) is 11.4 Å². The van der Waals surface area contributed by atoms with E-state index >= 15 is 0 Å². The van der Waals surface area contributed by atoms with Gasteiger partial charge in [0.25, 0.3) is 5.69 Å². The third-order valence-electron chi connectivity index (χ3n) is 4.07. The second-order valence-electron chi connectivity index (χ2n) is 5.52. The summed E-state index contributed by atoms with van der Waals surface area (Å²) in [7, 11) is 0. The number of benzene rings is 1. The van der Waals surface area contributed by atoms with Crippen molar-refractivity contribution in [2.24, 2.45) is 0 Å². The van der Waals surface area contributed by atoms with Gasteiger partial charge < -0.3 is 10.0 Å². The van der Waals surface area contributed by atoms with E-state index in [1.54, 1.807) is 12.1 Å². The summed E-state index contributed by atoms with van der Waals surface area (Å²) < 4.78 is 0. The normalized spacial score (nSPS) is 13.7. The van der Waals surface area contributed by atoms with Gasteiger partial charge >= 0.3 is 0 Å². The number of aliphatic hydroxyl groups excluding tert-OH is 1. The SMILES string of the molecule is CCc1ncc2c(n1)CN(c1cc(CO)ccc1[N+](=O)[O-])CC2. The molecule has 0 radical (unpaired) electrons. The largest absolute Gasteiger partial charge is 0.392 e. The zero-order valence-electron chi connectivity index (χ0n) is 12.9. The third kappa shape index (κ3) is 3.00. The Balaban J connectivity index is 1.98. The lowest BCUT2D eigenvalue weighted by Gasteiger charge is -2.29. The number of hydrogen-bond acceptors (Lipinski definition) is 6.